The van der Waals surface area contributed by atoms with Gasteiger partial charge in [0.1, 0.15) is 5.75 Å². The molecule has 2 nitrogen and oxygen atoms in total. The fourth-order valence-electron chi connectivity index (χ4n) is 5.05. The van der Waals surface area contributed by atoms with E-state index in [-0.39, 0.29) is 16.7 Å². The first-order valence-corrected chi connectivity index (χ1v) is 15.3. The van der Waals surface area contributed by atoms with Crippen LogP contribution in [-0.2, 0) is 10.9 Å². The van der Waals surface area contributed by atoms with Crippen LogP contribution in [0.1, 0.15) is 30.1 Å². The van der Waals surface area contributed by atoms with E-state index in [9.17, 15) is 4.79 Å². The summed E-state index contributed by atoms with van der Waals surface area (Å²) in [7, 11) is 1.78. The van der Waals surface area contributed by atoms with Gasteiger partial charge in [-0.15, -0.1) is 0 Å². The molecule has 0 aliphatic heterocycles. The summed E-state index contributed by atoms with van der Waals surface area (Å²) >= 11 is 0. The van der Waals surface area contributed by atoms with Crippen LogP contribution in [0.25, 0.3) is 0 Å². The second-order valence-electron chi connectivity index (χ2n) is 9.70. The van der Waals surface area contributed by atoms with Crippen LogP contribution < -0.4 is 21.1 Å². The number of ketones is 1. The molecule has 0 saturated heterocycles. The first-order valence-electron chi connectivity index (χ1n) is 13.1. The number of unbranched alkanes of at least 4 members (excludes halogenated alkanes) is 1. The molecule has 0 aliphatic carbocycles. The summed E-state index contributed by atoms with van der Waals surface area (Å²) in [5.74, 6) is 1.63. The van der Waals surface area contributed by atoms with Gasteiger partial charge in [-0.1, -0.05) is 111 Å². The highest BCUT2D eigenvalue weighted by molar-refractivity contribution is 7.96. The molecule has 0 fully saturated rings. The summed E-state index contributed by atoms with van der Waals surface area (Å²) in [5.41, 5.74) is 5.10. The maximum absolute atomic E-state index is 11.6. The molecule has 0 aromatic heterocycles. The van der Waals surface area contributed by atoms with E-state index in [4.69, 9.17) is 4.74 Å². The van der Waals surface area contributed by atoms with Crippen LogP contribution in [0.3, 0.4) is 0 Å². The second-order valence-corrected chi connectivity index (χ2v) is 12.0. The zero-order chi connectivity index (χ0) is 26.5. The van der Waals surface area contributed by atoms with E-state index in [2.05, 4.69) is 110 Å². The maximum atomic E-state index is 11.6. The molecule has 0 spiro atoms. The van der Waals surface area contributed by atoms with Crippen molar-refractivity contribution in [3.05, 3.63) is 121 Å². The monoisotopic (exact) mass is 510 g/mol. The summed E-state index contributed by atoms with van der Waals surface area (Å²) in [4.78, 5) is 11.6. The third-order valence-corrected chi connectivity index (χ3v) is 7.77. The van der Waals surface area contributed by atoms with Crippen LogP contribution in [0.5, 0.6) is 5.75 Å². The van der Waals surface area contributed by atoms with E-state index in [1.165, 1.54) is 35.6 Å². The first-order chi connectivity index (χ1) is 18.0. The molecule has 0 bridgehead atoms. The summed E-state index contributed by atoms with van der Waals surface area (Å²) < 4.78 is 5.02. The van der Waals surface area contributed by atoms with Crippen molar-refractivity contribution in [2.75, 3.05) is 25.4 Å². The topological polar surface area (TPSA) is 26.3 Å². The quantitative estimate of drug-likeness (QED) is 0.155. The molecule has 0 N–H and O–H groups in total. The lowest BCUT2D eigenvalue weighted by atomic mass is 9.14. The molecule has 4 aromatic rings. The van der Waals surface area contributed by atoms with Gasteiger partial charge in [0.25, 0.3) is 0 Å². The van der Waals surface area contributed by atoms with Crippen molar-refractivity contribution in [3.8, 4) is 5.75 Å². The third-order valence-electron chi connectivity index (χ3n) is 6.93. The van der Waals surface area contributed by atoms with Crippen LogP contribution in [0.15, 0.2) is 115 Å². The van der Waals surface area contributed by atoms with E-state index in [1.807, 2.05) is 24.3 Å². The molecule has 0 saturated carbocycles. The lowest BCUT2D eigenvalue weighted by Crippen LogP contribution is -2.66. The lowest BCUT2D eigenvalue weighted by Gasteiger charge is -2.43. The van der Waals surface area contributed by atoms with Crippen molar-refractivity contribution in [1.82, 2.24) is 0 Å². The van der Waals surface area contributed by atoms with Gasteiger partial charge in [0, 0.05) is 5.56 Å². The van der Waals surface area contributed by atoms with Crippen molar-refractivity contribution in [2.24, 2.45) is 0 Å². The Morgan fingerprint density at radius 3 is 1.49 bits per heavy atom. The van der Waals surface area contributed by atoms with E-state index in [0.717, 1.165) is 11.3 Å². The zero-order valence-corrected chi connectivity index (χ0v) is 23.4. The number of carbonyl (C=O) groups is 1. The van der Waals surface area contributed by atoms with E-state index in [0.29, 0.717) is 5.75 Å². The van der Waals surface area contributed by atoms with Gasteiger partial charge in [-0.3, -0.25) is 4.79 Å². The van der Waals surface area contributed by atoms with Crippen LogP contribution in [0.4, 0.5) is 0 Å². The number of methoxy groups -OCH3 is 1. The lowest BCUT2D eigenvalue weighted by molar-refractivity contribution is 0.102. The van der Waals surface area contributed by atoms with E-state index < -0.39 is 6.15 Å². The largest absolute Gasteiger partial charge is 0.497 e. The highest BCUT2D eigenvalue weighted by Gasteiger charge is 2.28. The summed E-state index contributed by atoms with van der Waals surface area (Å²) in [6.45, 7) is 2.28. The van der Waals surface area contributed by atoms with Crippen molar-refractivity contribution in [2.45, 2.75) is 26.1 Å². The van der Waals surface area contributed by atoms with Crippen molar-refractivity contribution >= 4 is 39.2 Å². The zero-order valence-electron chi connectivity index (χ0n) is 22.6. The van der Waals surface area contributed by atoms with Crippen molar-refractivity contribution in [1.29, 1.82) is 0 Å². The minimum Gasteiger partial charge on any atom is -0.497 e. The molecule has 192 valence electrons. The summed E-state index contributed by atoms with van der Waals surface area (Å²) in [6, 6.07) is 40.4. The molecular weight excluding hydrogens is 471 g/mol. The van der Waals surface area contributed by atoms with Crippen LogP contribution in [0.2, 0.25) is 6.32 Å². The van der Waals surface area contributed by atoms with Crippen molar-refractivity contribution in [3.63, 3.8) is 0 Å². The molecule has 0 heterocycles. The molecule has 0 radical (unpaired) electrons. The summed E-state index contributed by atoms with van der Waals surface area (Å²) in [6.07, 6.45) is 6.87. The van der Waals surface area contributed by atoms with E-state index >= 15 is 0 Å². The average Bonchev–Trinajstić information content (AvgIpc) is 2.95. The highest BCUT2D eigenvalue weighted by Crippen LogP contribution is 2.16. The van der Waals surface area contributed by atoms with E-state index in [1.54, 1.807) is 7.11 Å². The Hall–Kier alpha value is -3.24. The fourth-order valence-corrected chi connectivity index (χ4v) is 5.75. The summed E-state index contributed by atoms with van der Waals surface area (Å²) in [5, 5.41) is 0. The number of ether oxygens (including phenoxy) is 1. The molecule has 0 amide bonds. The molecule has 4 aromatic carbocycles. The molecule has 4 heteroatoms. The minimum atomic E-state index is -0.913. The first kappa shape index (κ1) is 28.3. The Labute approximate surface area is 226 Å². The Balaban J connectivity index is 0.000000233. The van der Waals surface area contributed by atoms with Gasteiger partial charge in [-0.25, -0.2) is 0 Å². The number of Topliss-reactive ketones (excluding diaryl/α,β-unsaturated/α-hetero) is 1. The maximum Gasteiger partial charge on any atom is 0.211 e. The van der Waals surface area contributed by atoms with Gasteiger partial charge in [0.05, 0.1) is 25.8 Å². The van der Waals surface area contributed by atoms with Crippen LogP contribution in [-0.4, -0.2) is 37.3 Å². The SMILES string of the molecule is CCCC[B-](c1ccccc1)(c1ccccc1)c1ccccc1.COc1ccc(C(=O)C[S+](C)C)cc1. The molecule has 0 aliphatic rings. The molecule has 0 atom stereocenters. The molecule has 4 rings (SSSR count). The fraction of sp³-hybridized carbons (Fsp3) is 0.242. The standard InChI is InChI=1S/C22H24B.C11H15O2S/c1-2-3-19-23(20-13-7-4-8-14-20,21-15-9-5-10-16-21)22-17-11-6-12-18-22;1-13-10-6-4-9(5-7-10)11(12)8-14(2)3/h4-18H,2-3,19H2,1H3;4-7H,8H2,1-3H3/q-1;+1. The normalized spacial score (nSPS) is 10.9. The predicted octanol–water partition coefficient (Wildman–Crippen LogP) is 5.71. The van der Waals surface area contributed by atoms with Crippen LogP contribution >= 0.6 is 0 Å². The van der Waals surface area contributed by atoms with Crippen molar-refractivity contribution < 1.29 is 9.53 Å². The van der Waals surface area contributed by atoms with Gasteiger partial charge in [0.15, 0.2) is 5.75 Å². The molecular formula is C33H39BO2S. The van der Waals surface area contributed by atoms with Gasteiger partial charge in [-0.05, 0) is 35.2 Å². The van der Waals surface area contributed by atoms with Gasteiger partial charge in [0.2, 0.25) is 5.78 Å². The average molecular weight is 511 g/mol. The third kappa shape index (κ3) is 7.63. The molecule has 37 heavy (non-hydrogen) atoms. The predicted molar refractivity (Wildman–Crippen MR) is 165 cm³/mol. The number of hydrogen-bond donors (Lipinski definition) is 0. The van der Waals surface area contributed by atoms with Gasteiger partial charge in [-0.2, -0.15) is 22.7 Å². The Kier molecular flexibility index (Phi) is 11.1. The number of hydrogen-bond acceptors (Lipinski definition) is 2. The number of benzene rings is 4. The Morgan fingerprint density at radius 1 is 0.703 bits per heavy atom. The Bertz CT molecular complexity index is 1100. The molecule has 0 unspecified atom stereocenters. The van der Waals surface area contributed by atoms with Gasteiger partial charge < -0.3 is 4.74 Å². The second kappa shape index (κ2) is 14.5. The van der Waals surface area contributed by atoms with Crippen LogP contribution in [0, 0.1) is 0 Å². The Morgan fingerprint density at radius 2 is 1.14 bits per heavy atom. The van der Waals surface area contributed by atoms with Gasteiger partial charge >= 0.3 is 0 Å². The number of carbonyl (C=O) groups excluding carboxylic acids is 1. The smallest absolute Gasteiger partial charge is 0.211 e. The highest BCUT2D eigenvalue weighted by atomic mass is 32.2. The minimum absolute atomic E-state index is 0.166. The number of rotatable bonds is 10.